The van der Waals surface area contributed by atoms with Crippen LogP contribution in [0.2, 0.25) is 0 Å². The number of alkyl carbamates (subject to hydrolysis) is 1. The molecule has 1 amide bonds. The van der Waals surface area contributed by atoms with Crippen LogP contribution in [0.3, 0.4) is 0 Å². The quantitative estimate of drug-likeness (QED) is 0.724. The Hall–Kier alpha value is -0.810. The lowest BCUT2D eigenvalue weighted by Gasteiger charge is -2.25. The van der Waals surface area contributed by atoms with Gasteiger partial charge in [-0.1, -0.05) is 0 Å². The summed E-state index contributed by atoms with van der Waals surface area (Å²) in [6.07, 6.45) is 0.395. The summed E-state index contributed by atoms with van der Waals surface area (Å²) >= 11 is 0. The zero-order chi connectivity index (χ0) is 10.4. The van der Waals surface area contributed by atoms with Crippen LogP contribution in [-0.4, -0.2) is 45.2 Å². The maximum atomic E-state index is 11.0. The third-order valence-corrected chi connectivity index (χ3v) is 2.33. The van der Waals surface area contributed by atoms with Crippen molar-refractivity contribution in [2.24, 2.45) is 0 Å². The highest BCUT2D eigenvalue weighted by Gasteiger charge is 2.35. The van der Waals surface area contributed by atoms with Crippen molar-refractivity contribution < 1.29 is 19.0 Å². The summed E-state index contributed by atoms with van der Waals surface area (Å²) in [7, 11) is 1.63. The molecule has 5 nitrogen and oxygen atoms in total. The van der Waals surface area contributed by atoms with Gasteiger partial charge < -0.3 is 19.5 Å². The summed E-state index contributed by atoms with van der Waals surface area (Å²) in [6.45, 7) is 3.78. The van der Waals surface area contributed by atoms with Crippen LogP contribution in [0.4, 0.5) is 4.79 Å². The first-order valence-electron chi connectivity index (χ1n) is 4.76. The molecular formula is C9H17NO4. The molecule has 0 aromatic carbocycles. The molecule has 0 spiro atoms. The van der Waals surface area contributed by atoms with E-state index in [0.717, 1.165) is 6.42 Å². The molecule has 1 heterocycles. The van der Waals surface area contributed by atoms with Crippen molar-refractivity contribution >= 4 is 6.09 Å². The van der Waals surface area contributed by atoms with E-state index in [0.29, 0.717) is 26.4 Å². The Morgan fingerprint density at radius 1 is 1.64 bits per heavy atom. The molecular weight excluding hydrogens is 186 g/mol. The molecule has 1 aliphatic rings. The van der Waals surface area contributed by atoms with Gasteiger partial charge in [0.25, 0.3) is 0 Å². The molecule has 0 radical (unpaired) electrons. The average molecular weight is 203 g/mol. The van der Waals surface area contributed by atoms with E-state index in [-0.39, 0.29) is 5.60 Å². The Morgan fingerprint density at radius 2 is 2.43 bits per heavy atom. The number of carbonyl (C=O) groups excluding carboxylic acids is 1. The first-order valence-corrected chi connectivity index (χ1v) is 4.76. The van der Waals surface area contributed by atoms with Crippen molar-refractivity contribution in [3.05, 3.63) is 0 Å². The van der Waals surface area contributed by atoms with Gasteiger partial charge in [-0.2, -0.15) is 0 Å². The van der Waals surface area contributed by atoms with E-state index < -0.39 is 6.09 Å². The van der Waals surface area contributed by atoms with Gasteiger partial charge in [0.1, 0.15) is 5.60 Å². The Morgan fingerprint density at radius 3 is 2.93 bits per heavy atom. The van der Waals surface area contributed by atoms with E-state index in [2.05, 4.69) is 5.32 Å². The van der Waals surface area contributed by atoms with Crippen molar-refractivity contribution in [2.45, 2.75) is 18.9 Å². The van der Waals surface area contributed by atoms with E-state index in [9.17, 15) is 4.79 Å². The zero-order valence-corrected chi connectivity index (χ0v) is 8.67. The van der Waals surface area contributed by atoms with Crippen molar-refractivity contribution in [3.63, 3.8) is 0 Å². The highest BCUT2D eigenvalue weighted by Crippen LogP contribution is 2.21. The van der Waals surface area contributed by atoms with Crippen molar-refractivity contribution in [1.82, 2.24) is 5.32 Å². The van der Waals surface area contributed by atoms with Gasteiger partial charge in [0, 0.05) is 20.1 Å². The molecule has 0 saturated carbocycles. The van der Waals surface area contributed by atoms with E-state index in [1.165, 1.54) is 0 Å². The van der Waals surface area contributed by atoms with E-state index in [1.54, 1.807) is 14.0 Å². The van der Waals surface area contributed by atoms with Crippen LogP contribution in [0, 0.1) is 0 Å². The number of amides is 1. The van der Waals surface area contributed by atoms with Gasteiger partial charge in [0.05, 0.1) is 19.8 Å². The van der Waals surface area contributed by atoms with Gasteiger partial charge in [0.15, 0.2) is 0 Å². The first kappa shape index (κ1) is 11.3. The zero-order valence-electron chi connectivity index (χ0n) is 8.67. The van der Waals surface area contributed by atoms with Crippen molar-refractivity contribution in [1.29, 1.82) is 0 Å². The number of rotatable bonds is 4. The summed E-state index contributed by atoms with van der Waals surface area (Å²) in [5.74, 6) is 0. The highest BCUT2D eigenvalue weighted by atomic mass is 16.6. The molecule has 82 valence electrons. The molecule has 5 heteroatoms. The number of ether oxygens (including phenoxy) is 3. The van der Waals surface area contributed by atoms with Crippen LogP contribution in [0.1, 0.15) is 13.3 Å². The fourth-order valence-electron chi connectivity index (χ4n) is 1.38. The average Bonchev–Trinajstić information content (AvgIpc) is 2.65. The fraction of sp³-hybridized carbons (Fsp3) is 0.889. The Kier molecular flexibility index (Phi) is 4.16. The minimum atomic E-state index is -0.407. The van der Waals surface area contributed by atoms with E-state index >= 15 is 0 Å². The number of hydrogen-bond acceptors (Lipinski definition) is 4. The van der Waals surface area contributed by atoms with Crippen LogP contribution < -0.4 is 5.32 Å². The smallest absolute Gasteiger partial charge is 0.407 e. The highest BCUT2D eigenvalue weighted by molar-refractivity contribution is 5.67. The molecule has 1 fully saturated rings. The maximum absolute atomic E-state index is 11.0. The SMILES string of the molecule is CCOC(=O)NCC1(OC)CCOC1. The molecule has 1 N–H and O–H groups in total. The summed E-state index contributed by atoms with van der Waals surface area (Å²) in [5, 5.41) is 2.65. The van der Waals surface area contributed by atoms with Crippen molar-refractivity contribution in [3.8, 4) is 0 Å². The van der Waals surface area contributed by atoms with Crippen molar-refractivity contribution in [2.75, 3.05) is 33.5 Å². The van der Waals surface area contributed by atoms with Crippen LogP contribution in [0.5, 0.6) is 0 Å². The Labute approximate surface area is 83.7 Å². The summed E-state index contributed by atoms with van der Waals surface area (Å²) < 4.78 is 15.3. The predicted octanol–water partition coefficient (Wildman–Crippen LogP) is 0.538. The number of carbonyl (C=O) groups is 1. The van der Waals surface area contributed by atoms with Gasteiger partial charge in [-0.25, -0.2) is 4.79 Å². The lowest BCUT2D eigenvalue weighted by molar-refractivity contribution is -0.0155. The van der Waals surface area contributed by atoms with E-state index in [4.69, 9.17) is 14.2 Å². The largest absolute Gasteiger partial charge is 0.450 e. The van der Waals surface area contributed by atoms with Crippen LogP contribution in [-0.2, 0) is 14.2 Å². The molecule has 1 rings (SSSR count). The number of nitrogens with one attached hydrogen (secondary N) is 1. The monoisotopic (exact) mass is 203 g/mol. The maximum Gasteiger partial charge on any atom is 0.407 e. The van der Waals surface area contributed by atoms with Crippen LogP contribution >= 0.6 is 0 Å². The fourth-order valence-corrected chi connectivity index (χ4v) is 1.38. The lowest BCUT2D eigenvalue weighted by atomic mass is 10.0. The second kappa shape index (κ2) is 5.17. The molecule has 1 aliphatic heterocycles. The first-order chi connectivity index (χ1) is 6.72. The molecule has 14 heavy (non-hydrogen) atoms. The minimum absolute atomic E-state index is 0.368. The second-order valence-corrected chi connectivity index (χ2v) is 3.26. The summed E-state index contributed by atoms with van der Waals surface area (Å²) in [4.78, 5) is 11.0. The van der Waals surface area contributed by atoms with Gasteiger partial charge in [-0.15, -0.1) is 0 Å². The molecule has 0 aliphatic carbocycles. The van der Waals surface area contributed by atoms with Gasteiger partial charge in [0.2, 0.25) is 0 Å². The van der Waals surface area contributed by atoms with E-state index in [1.807, 2.05) is 0 Å². The standard InChI is InChI=1S/C9H17NO4/c1-3-14-8(11)10-6-9(12-2)4-5-13-7-9/h3-7H2,1-2H3,(H,10,11). The molecule has 0 aromatic rings. The van der Waals surface area contributed by atoms with Crippen LogP contribution in [0.15, 0.2) is 0 Å². The van der Waals surface area contributed by atoms with Gasteiger partial charge >= 0.3 is 6.09 Å². The lowest BCUT2D eigenvalue weighted by Crippen LogP contribution is -2.45. The third kappa shape index (κ3) is 2.85. The summed E-state index contributed by atoms with van der Waals surface area (Å²) in [6, 6.07) is 0. The van der Waals surface area contributed by atoms with Gasteiger partial charge in [-0.05, 0) is 6.92 Å². The normalized spacial score (nSPS) is 26.1. The predicted molar refractivity (Wildman–Crippen MR) is 50.2 cm³/mol. The Balaban J connectivity index is 2.30. The second-order valence-electron chi connectivity index (χ2n) is 3.26. The minimum Gasteiger partial charge on any atom is -0.450 e. The molecule has 0 bridgehead atoms. The molecule has 1 saturated heterocycles. The Bertz CT molecular complexity index is 189. The van der Waals surface area contributed by atoms with Crippen LogP contribution in [0.25, 0.3) is 0 Å². The topological polar surface area (TPSA) is 56.8 Å². The molecule has 1 unspecified atom stereocenters. The number of methoxy groups -OCH3 is 1. The van der Waals surface area contributed by atoms with Gasteiger partial charge in [-0.3, -0.25) is 0 Å². The number of hydrogen-bond donors (Lipinski definition) is 1. The third-order valence-electron chi connectivity index (χ3n) is 2.33. The molecule has 1 atom stereocenters. The summed E-state index contributed by atoms with van der Waals surface area (Å²) in [5.41, 5.74) is -0.368. The molecule has 0 aromatic heterocycles.